The maximum Gasteiger partial charge on any atom is 0.307 e. The smallest absolute Gasteiger partial charge is 0.307 e. The van der Waals surface area contributed by atoms with Crippen LogP contribution in [0.15, 0.2) is 18.2 Å². The Morgan fingerprint density at radius 1 is 1.38 bits per heavy atom. The SMILES string of the molecule is CCOC(=O)CCn1c2c(c3cc(Cl)ccc31)C1CCC(C2)N1C. The fourth-order valence-electron chi connectivity index (χ4n) is 4.52. The molecule has 2 unspecified atom stereocenters. The van der Waals surface area contributed by atoms with Crippen LogP contribution in [0.4, 0.5) is 0 Å². The van der Waals surface area contributed by atoms with Crippen LogP contribution in [0.1, 0.15) is 43.5 Å². The molecule has 0 radical (unpaired) electrons. The number of fused-ring (bicyclic) bond motifs is 6. The van der Waals surface area contributed by atoms with Gasteiger partial charge < -0.3 is 9.30 Å². The zero-order valence-electron chi connectivity index (χ0n) is 14.2. The second kappa shape index (κ2) is 6.08. The highest BCUT2D eigenvalue weighted by Gasteiger charge is 2.40. The molecule has 2 aliphatic rings. The Morgan fingerprint density at radius 3 is 3.00 bits per heavy atom. The zero-order valence-corrected chi connectivity index (χ0v) is 15.0. The largest absolute Gasteiger partial charge is 0.466 e. The lowest BCUT2D eigenvalue weighted by Crippen LogP contribution is -2.34. The molecule has 0 aliphatic carbocycles. The third-order valence-electron chi connectivity index (χ3n) is 5.62. The van der Waals surface area contributed by atoms with Gasteiger partial charge in [0.1, 0.15) is 0 Å². The van der Waals surface area contributed by atoms with Crippen LogP contribution in [0.3, 0.4) is 0 Å². The molecule has 1 aromatic heterocycles. The predicted octanol–water partition coefficient (Wildman–Crippen LogP) is 3.94. The van der Waals surface area contributed by atoms with E-state index in [2.05, 4.69) is 28.6 Å². The highest BCUT2D eigenvalue weighted by Crippen LogP contribution is 2.47. The van der Waals surface area contributed by atoms with Gasteiger partial charge in [-0.25, -0.2) is 0 Å². The summed E-state index contributed by atoms with van der Waals surface area (Å²) in [4.78, 5) is 14.3. The van der Waals surface area contributed by atoms with Crippen LogP contribution in [-0.4, -0.2) is 35.1 Å². The summed E-state index contributed by atoms with van der Waals surface area (Å²) < 4.78 is 7.44. The van der Waals surface area contributed by atoms with Crippen molar-refractivity contribution in [3.05, 3.63) is 34.5 Å². The second-order valence-electron chi connectivity index (χ2n) is 6.85. The fourth-order valence-corrected chi connectivity index (χ4v) is 4.69. The number of rotatable bonds is 4. The summed E-state index contributed by atoms with van der Waals surface area (Å²) in [6.07, 6.45) is 3.92. The lowest BCUT2D eigenvalue weighted by molar-refractivity contribution is -0.143. The molecule has 1 aromatic carbocycles. The monoisotopic (exact) mass is 346 g/mol. The number of aryl methyl sites for hydroxylation is 1. The molecule has 3 heterocycles. The molecule has 4 rings (SSSR count). The van der Waals surface area contributed by atoms with Crippen molar-refractivity contribution in [3.63, 3.8) is 0 Å². The van der Waals surface area contributed by atoms with Crippen molar-refractivity contribution in [2.24, 2.45) is 0 Å². The average Bonchev–Trinajstić information content (AvgIpc) is 2.96. The molecule has 0 saturated carbocycles. The normalized spacial score (nSPS) is 22.8. The number of ether oxygens (including phenoxy) is 1. The zero-order chi connectivity index (χ0) is 16.8. The first-order chi connectivity index (χ1) is 11.6. The maximum atomic E-state index is 11.8. The van der Waals surface area contributed by atoms with Crippen molar-refractivity contribution in [2.75, 3.05) is 13.7 Å². The first kappa shape index (κ1) is 16.0. The number of nitrogens with zero attached hydrogens (tertiary/aromatic N) is 2. The fraction of sp³-hybridized carbons (Fsp3) is 0.526. The minimum Gasteiger partial charge on any atom is -0.466 e. The third kappa shape index (κ3) is 2.44. The van der Waals surface area contributed by atoms with Gasteiger partial charge in [-0.3, -0.25) is 9.69 Å². The predicted molar refractivity (Wildman–Crippen MR) is 95.4 cm³/mol. The van der Waals surface area contributed by atoms with Crippen LogP contribution < -0.4 is 0 Å². The quantitative estimate of drug-likeness (QED) is 0.786. The number of hydrogen-bond acceptors (Lipinski definition) is 3. The molecule has 0 amide bonds. The van der Waals surface area contributed by atoms with Gasteiger partial charge in [0, 0.05) is 46.7 Å². The van der Waals surface area contributed by atoms with Crippen LogP contribution >= 0.6 is 11.6 Å². The summed E-state index contributed by atoms with van der Waals surface area (Å²) in [5, 5.41) is 2.02. The Kier molecular flexibility index (Phi) is 4.05. The number of halogens is 1. The van der Waals surface area contributed by atoms with E-state index in [0.717, 1.165) is 11.4 Å². The van der Waals surface area contributed by atoms with E-state index >= 15 is 0 Å². The molecule has 24 heavy (non-hydrogen) atoms. The van der Waals surface area contributed by atoms with E-state index in [1.165, 1.54) is 35.0 Å². The van der Waals surface area contributed by atoms with Crippen LogP contribution in [0.5, 0.6) is 0 Å². The summed E-state index contributed by atoms with van der Waals surface area (Å²) in [6.45, 7) is 2.96. The highest BCUT2D eigenvalue weighted by atomic mass is 35.5. The van der Waals surface area contributed by atoms with Gasteiger partial charge in [-0.05, 0) is 50.6 Å². The van der Waals surface area contributed by atoms with Crippen molar-refractivity contribution >= 4 is 28.5 Å². The minimum atomic E-state index is -0.127. The molecule has 1 saturated heterocycles. The van der Waals surface area contributed by atoms with E-state index in [1.807, 2.05) is 13.0 Å². The van der Waals surface area contributed by atoms with Crippen LogP contribution in [0.2, 0.25) is 5.02 Å². The van der Waals surface area contributed by atoms with Gasteiger partial charge in [-0.15, -0.1) is 0 Å². The van der Waals surface area contributed by atoms with Crippen molar-refractivity contribution in [3.8, 4) is 0 Å². The van der Waals surface area contributed by atoms with Crippen LogP contribution in [0, 0.1) is 0 Å². The molecular weight excluding hydrogens is 324 g/mol. The third-order valence-corrected chi connectivity index (χ3v) is 5.86. The average molecular weight is 347 g/mol. The summed E-state index contributed by atoms with van der Waals surface area (Å²) in [6, 6.07) is 7.21. The van der Waals surface area contributed by atoms with Gasteiger partial charge in [0.05, 0.1) is 13.0 Å². The summed E-state index contributed by atoms with van der Waals surface area (Å²) in [5.41, 5.74) is 4.00. The van der Waals surface area contributed by atoms with Crippen molar-refractivity contribution in [2.45, 2.75) is 51.2 Å². The maximum absolute atomic E-state index is 11.8. The molecule has 2 aromatic rings. The molecule has 5 heteroatoms. The number of carbonyl (C=O) groups excluding carboxylic acids is 1. The molecule has 2 atom stereocenters. The molecular formula is C19H23ClN2O2. The Bertz CT molecular complexity index is 798. The number of esters is 1. The van der Waals surface area contributed by atoms with E-state index in [-0.39, 0.29) is 5.97 Å². The number of hydrogen-bond donors (Lipinski definition) is 0. The van der Waals surface area contributed by atoms with E-state index in [1.54, 1.807) is 0 Å². The van der Waals surface area contributed by atoms with E-state index in [9.17, 15) is 4.79 Å². The van der Waals surface area contributed by atoms with Crippen molar-refractivity contribution in [1.82, 2.24) is 9.47 Å². The van der Waals surface area contributed by atoms with Gasteiger partial charge in [0.25, 0.3) is 0 Å². The van der Waals surface area contributed by atoms with Gasteiger partial charge in [0.2, 0.25) is 0 Å². The summed E-state index contributed by atoms with van der Waals surface area (Å²) in [5.74, 6) is -0.127. The molecule has 1 fully saturated rings. The lowest BCUT2D eigenvalue weighted by atomic mass is 9.97. The second-order valence-corrected chi connectivity index (χ2v) is 7.28. The number of likely N-dealkylation sites (N-methyl/N-ethyl adjacent to an activating group) is 1. The van der Waals surface area contributed by atoms with Gasteiger partial charge in [-0.1, -0.05) is 11.6 Å². The molecule has 2 bridgehead atoms. The minimum absolute atomic E-state index is 0.127. The summed E-state index contributed by atoms with van der Waals surface area (Å²) >= 11 is 6.28. The molecule has 2 aliphatic heterocycles. The Balaban J connectivity index is 1.79. The Labute approximate surface area is 147 Å². The molecule has 0 spiro atoms. The van der Waals surface area contributed by atoms with E-state index in [0.29, 0.717) is 31.7 Å². The number of carbonyl (C=O) groups is 1. The van der Waals surface area contributed by atoms with Crippen LogP contribution in [-0.2, 0) is 22.5 Å². The lowest BCUT2D eigenvalue weighted by Gasteiger charge is -2.32. The van der Waals surface area contributed by atoms with E-state index < -0.39 is 0 Å². The number of benzene rings is 1. The van der Waals surface area contributed by atoms with Gasteiger partial charge in [-0.2, -0.15) is 0 Å². The number of aromatic nitrogens is 1. The van der Waals surface area contributed by atoms with Gasteiger partial charge >= 0.3 is 5.97 Å². The molecule has 128 valence electrons. The van der Waals surface area contributed by atoms with Crippen molar-refractivity contribution < 1.29 is 9.53 Å². The first-order valence-corrected chi connectivity index (χ1v) is 9.16. The van der Waals surface area contributed by atoms with Gasteiger partial charge in [0.15, 0.2) is 0 Å². The summed E-state index contributed by atoms with van der Waals surface area (Å²) in [7, 11) is 2.23. The standard InChI is InChI=1S/C19H23ClN2O2/c1-3-24-18(23)8-9-22-15-6-4-12(20)10-14(15)19-16-7-5-13(21(16)2)11-17(19)22/h4,6,10,13,16H,3,5,7-9,11H2,1-2H3. The molecule has 4 nitrogen and oxygen atoms in total. The first-order valence-electron chi connectivity index (χ1n) is 8.78. The Morgan fingerprint density at radius 2 is 2.21 bits per heavy atom. The van der Waals surface area contributed by atoms with Crippen LogP contribution in [0.25, 0.3) is 10.9 Å². The Hall–Kier alpha value is -1.52. The molecule has 0 N–H and O–H groups in total. The highest BCUT2D eigenvalue weighted by molar-refractivity contribution is 6.31. The van der Waals surface area contributed by atoms with E-state index in [4.69, 9.17) is 16.3 Å². The topological polar surface area (TPSA) is 34.5 Å². The van der Waals surface area contributed by atoms with Crippen molar-refractivity contribution in [1.29, 1.82) is 0 Å².